The number of fused-ring (bicyclic) bond motifs is 1. The predicted molar refractivity (Wildman–Crippen MR) is 81.7 cm³/mol. The van der Waals surface area contributed by atoms with Crippen molar-refractivity contribution >= 4 is 28.6 Å². The number of halogens is 1. The molecule has 1 aromatic carbocycles. The molecule has 0 bridgehead atoms. The second-order valence-electron chi connectivity index (χ2n) is 4.50. The molecule has 0 saturated heterocycles. The van der Waals surface area contributed by atoms with Crippen LogP contribution in [0.4, 0.5) is 5.95 Å². The Morgan fingerprint density at radius 3 is 2.81 bits per heavy atom. The number of aromatic amines is 1. The summed E-state index contributed by atoms with van der Waals surface area (Å²) in [5.41, 5.74) is 6.32. The highest BCUT2D eigenvalue weighted by atomic mass is 35.5. The molecule has 0 amide bonds. The van der Waals surface area contributed by atoms with Gasteiger partial charge in [0.05, 0.1) is 12.1 Å². The molecule has 0 radical (unpaired) electrons. The van der Waals surface area contributed by atoms with Crippen LogP contribution in [0.15, 0.2) is 41.3 Å². The van der Waals surface area contributed by atoms with Crippen molar-refractivity contribution in [2.75, 3.05) is 12.3 Å². The Labute approximate surface area is 125 Å². The Kier molecular flexibility index (Phi) is 3.53. The number of rotatable bonds is 4. The van der Waals surface area contributed by atoms with Crippen LogP contribution in [0.25, 0.3) is 11.0 Å². The van der Waals surface area contributed by atoms with E-state index < -0.39 is 0 Å². The fourth-order valence-corrected chi connectivity index (χ4v) is 2.24. The van der Waals surface area contributed by atoms with Crippen molar-refractivity contribution in [3.63, 3.8) is 0 Å². The van der Waals surface area contributed by atoms with Gasteiger partial charge in [-0.1, -0.05) is 11.6 Å². The first-order chi connectivity index (χ1) is 10.1. The van der Waals surface area contributed by atoms with E-state index in [1.807, 2.05) is 0 Å². The van der Waals surface area contributed by atoms with Gasteiger partial charge in [-0.2, -0.15) is 0 Å². The predicted octanol–water partition coefficient (Wildman–Crippen LogP) is 2.04. The topological polar surface area (TPSA) is 85.9 Å². The molecular formula is C14H13ClN4O2. The van der Waals surface area contributed by atoms with Gasteiger partial charge in [0.25, 0.3) is 5.56 Å². The fourth-order valence-electron chi connectivity index (χ4n) is 2.11. The van der Waals surface area contributed by atoms with E-state index in [2.05, 4.69) is 9.97 Å². The van der Waals surface area contributed by atoms with E-state index in [0.717, 1.165) is 5.75 Å². The van der Waals surface area contributed by atoms with E-state index in [1.165, 1.54) is 0 Å². The molecule has 3 rings (SSSR count). The van der Waals surface area contributed by atoms with E-state index in [-0.39, 0.29) is 11.5 Å². The molecule has 7 heteroatoms. The van der Waals surface area contributed by atoms with Gasteiger partial charge < -0.3 is 15.0 Å². The maximum absolute atomic E-state index is 11.9. The monoisotopic (exact) mass is 304 g/mol. The normalized spacial score (nSPS) is 10.9. The summed E-state index contributed by atoms with van der Waals surface area (Å²) in [5.74, 6) is 0.842. The molecule has 0 aliphatic heterocycles. The number of H-pyrrole nitrogens is 1. The zero-order valence-corrected chi connectivity index (χ0v) is 11.8. The van der Waals surface area contributed by atoms with Gasteiger partial charge in [0.2, 0.25) is 5.95 Å². The SMILES string of the molecule is Nc1nc2ccn(CCOc3ccc(Cl)cc3)c2c(=O)[nH]1. The zero-order valence-electron chi connectivity index (χ0n) is 11.0. The molecule has 2 aromatic heterocycles. The molecule has 108 valence electrons. The highest BCUT2D eigenvalue weighted by Gasteiger charge is 2.07. The van der Waals surface area contributed by atoms with E-state index in [1.54, 1.807) is 41.1 Å². The number of benzene rings is 1. The lowest BCUT2D eigenvalue weighted by molar-refractivity contribution is 0.300. The average molecular weight is 305 g/mol. The zero-order chi connectivity index (χ0) is 14.8. The first kappa shape index (κ1) is 13.5. The standard InChI is InChI=1S/C14H13ClN4O2/c15-9-1-3-10(4-2-9)21-8-7-19-6-5-11-12(19)13(20)18-14(16)17-11/h1-6H,7-8H2,(H3,16,17,18,20). The maximum atomic E-state index is 11.9. The summed E-state index contributed by atoms with van der Waals surface area (Å²) in [7, 11) is 0. The van der Waals surface area contributed by atoms with Crippen molar-refractivity contribution in [1.29, 1.82) is 0 Å². The maximum Gasteiger partial charge on any atom is 0.276 e. The Hall–Kier alpha value is -2.47. The second kappa shape index (κ2) is 5.49. The summed E-state index contributed by atoms with van der Waals surface area (Å²) in [6.45, 7) is 0.954. The lowest BCUT2D eigenvalue weighted by Gasteiger charge is -2.08. The number of hydrogen-bond acceptors (Lipinski definition) is 4. The van der Waals surface area contributed by atoms with Crippen LogP contribution in [-0.4, -0.2) is 21.1 Å². The second-order valence-corrected chi connectivity index (χ2v) is 4.93. The van der Waals surface area contributed by atoms with Gasteiger partial charge in [0.1, 0.15) is 17.9 Å². The van der Waals surface area contributed by atoms with E-state index >= 15 is 0 Å². The molecule has 2 heterocycles. The third-order valence-electron chi connectivity index (χ3n) is 3.05. The summed E-state index contributed by atoms with van der Waals surface area (Å²) in [6, 6.07) is 8.87. The minimum atomic E-state index is -0.256. The quantitative estimate of drug-likeness (QED) is 0.772. The Morgan fingerprint density at radius 1 is 1.29 bits per heavy atom. The largest absolute Gasteiger partial charge is 0.492 e. The lowest BCUT2D eigenvalue weighted by Crippen LogP contribution is -2.16. The first-order valence-corrected chi connectivity index (χ1v) is 6.74. The van der Waals surface area contributed by atoms with Crippen LogP contribution in [0.3, 0.4) is 0 Å². The Balaban J connectivity index is 1.74. The molecule has 0 spiro atoms. The summed E-state index contributed by atoms with van der Waals surface area (Å²) >= 11 is 5.81. The van der Waals surface area contributed by atoms with Gasteiger partial charge in [0.15, 0.2) is 0 Å². The number of ether oxygens (including phenoxy) is 1. The van der Waals surface area contributed by atoms with Crippen LogP contribution in [0.5, 0.6) is 5.75 Å². The van der Waals surface area contributed by atoms with Gasteiger partial charge in [-0.15, -0.1) is 0 Å². The number of hydrogen-bond donors (Lipinski definition) is 2. The third kappa shape index (κ3) is 2.85. The molecule has 0 unspecified atom stereocenters. The molecule has 0 aliphatic carbocycles. The molecule has 3 aromatic rings. The molecule has 6 nitrogen and oxygen atoms in total. The number of aromatic nitrogens is 3. The van der Waals surface area contributed by atoms with Crippen molar-refractivity contribution in [2.45, 2.75) is 6.54 Å². The number of nitrogens with two attached hydrogens (primary N) is 1. The van der Waals surface area contributed by atoms with E-state index in [0.29, 0.717) is 29.2 Å². The average Bonchev–Trinajstić information content (AvgIpc) is 2.84. The minimum Gasteiger partial charge on any atom is -0.492 e. The molecule has 3 N–H and O–H groups in total. The Bertz CT molecular complexity index is 823. The van der Waals surface area contributed by atoms with Crippen molar-refractivity contribution in [3.8, 4) is 5.75 Å². The lowest BCUT2D eigenvalue weighted by atomic mass is 10.3. The van der Waals surface area contributed by atoms with E-state index in [9.17, 15) is 4.79 Å². The molecule has 0 atom stereocenters. The van der Waals surface area contributed by atoms with Gasteiger partial charge in [-0.25, -0.2) is 4.98 Å². The number of nitrogen functional groups attached to an aromatic ring is 1. The summed E-state index contributed by atoms with van der Waals surface area (Å²) < 4.78 is 7.40. The number of anilines is 1. The van der Waals surface area contributed by atoms with Gasteiger partial charge in [0, 0.05) is 11.2 Å². The van der Waals surface area contributed by atoms with Crippen LogP contribution in [0, 0.1) is 0 Å². The highest BCUT2D eigenvalue weighted by Crippen LogP contribution is 2.16. The van der Waals surface area contributed by atoms with Crippen LogP contribution in [-0.2, 0) is 6.54 Å². The first-order valence-electron chi connectivity index (χ1n) is 6.36. The summed E-state index contributed by atoms with van der Waals surface area (Å²) in [6.07, 6.45) is 1.79. The van der Waals surface area contributed by atoms with Crippen molar-refractivity contribution in [3.05, 3.63) is 51.9 Å². The van der Waals surface area contributed by atoms with E-state index in [4.69, 9.17) is 22.1 Å². The minimum absolute atomic E-state index is 0.114. The van der Waals surface area contributed by atoms with Crippen molar-refractivity contribution < 1.29 is 4.74 Å². The van der Waals surface area contributed by atoms with Gasteiger partial charge in [-0.3, -0.25) is 9.78 Å². The number of nitrogens with one attached hydrogen (secondary N) is 1. The highest BCUT2D eigenvalue weighted by molar-refractivity contribution is 6.30. The fraction of sp³-hybridized carbons (Fsp3) is 0.143. The van der Waals surface area contributed by atoms with Crippen LogP contribution >= 0.6 is 11.6 Å². The van der Waals surface area contributed by atoms with Crippen molar-refractivity contribution in [1.82, 2.24) is 14.5 Å². The summed E-state index contributed by atoms with van der Waals surface area (Å²) in [4.78, 5) is 18.5. The molecular weight excluding hydrogens is 292 g/mol. The molecule has 0 saturated carbocycles. The van der Waals surface area contributed by atoms with Gasteiger partial charge >= 0.3 is 0 Å². The molecule has 0 fully saturated rings. The third-order valence-corrected chi connectivity index (χ3v) is 3.31. The summed E-state index contributed by atoms with van der Waals surface area (Å²) in [5, 5.41) is 0.661. The number of nitrogens with zero attached hydrogens (tertiary/aromatic N) is 2. The van der Waals surface area contributed by atoms with Crippen LogP contribution < -0.4 is 16.0 Å². The molecule has 21 heavy (non-hydrogen) atoms. The Morgan fingerprint density at radius 2 is 2.05 bits per heavy atom. The van der Waals surface area contributed by atoms with Crippen LogP contribution in [0.1, 0.15) is 0 Å². The van der Waals surface area contributed by atoms with Crippen LogP contribution in [0.2, 0.25) is 5.02 Å². The smallest absolute Gasteiger partial charge is 0.276 e. The molecule has 0 aliphatic rings. The van der Waals surface area contributed by atoms with Crippen molar-refractivity contribution in [2.24, 2.45) is 0 Å². The van der Waals surface area contributed by atoms with Gasteiger partial charge in [-0.05, 0) is 30.3 Å².